The lowest BCUT2D eigenvalue weighted by molar-refractivity contribution is -0.175. The Labute approximate surface area is 200 Å². The zero-order valence-corrected chi connectivity index (χ0v) is 20.2. The van der Waals surface area contributed by atoms with Crippen molar-refractivity contribution in [3.63, 3.8) is 0 Å². The van der Waals surface area contributed by atoms with Crippen molar-refractivity contribution in [2.75, 3.05) is 6.61 Å². The molecule has 0 amide bonds. The van der Waals surface area contributed by atoms with Crippen LogP contribution in [-0.4, -0.2) is 42.5 Å². The molecule has 7 nitrogen and oxygen atoms in total. The van der Waals surface area contributed by atoms with Gasteiger partial charge >= 0.3 is 11.9 Å². The second-order valence-corrected chi connectivity index (χ2v) is 10.8. The molecule has 34 heavy (non-hydrogen) atoms. The van der Waals surface area contributed by atoms with E-state index in [1.807, 2.05) is 6.08 Å². The summed E-state index contributed by atoms with van der Waals surface area (Å²) >= 11 is 0. The number of allylic oxidation sites excluding steroid dienone is 4. The van der Waals surface area contributed by atoms with Crippen molar-refractivity contribution >= 4 is 29.8 Å². The Morgan fingerprint density at radius 2 is 1.94 bits per heavy atom. The third-order valence-electron chi connectivity index (χ3n) is 9.03. The monoisotopic (exact) mass is 470 g/mol. The van der Waals surface area contributed by atoms with Crippen LogP contribution in [0, 0.1) is 34.5 Å². The smallest absolute Gasteiger partial charge is 0.306 e. The van der Waals surface area contributed by atoms with Crippen molar-refractivity contribution in [2.24, 2.45) is 34.5 Å². The summed E-state index contributed by atoms with van der Waals surface area (Å²) in [6, 6.07) is 0. The van der Waals surface area contributed by atoms with Crippen LogP contribution in [0.15, 0.2) is 23.8 Å². The molecule has 4 rings (SSSR count). The predicted molar refractivity (Wildman–Crippen MR) is 122 cm³/mol. The Hall–Kier alpha value is -2.57. The maximum absolute atomic E-state index is 13.1. The number of carbonyl (C=O) groups excluding carboxylic acids is 5. The van der Waals surface area contributed by atoms with E-state index in [9.17, 15) is 24.0 Å². The highest BCUT2D eigenvalue weighted by Crippen LogP contribution is 2.66. The Morgan fingerprint density at radius 3 is 2.65 bits per heavy atom. The van der Waals surface area contributed by atoms with Crippen molar-refractivity contribution in [2.45, 2.75) is 71.8 Å². The van der Waals surface area contributed by atoms with Crippen LogP contribution in [0.4, 0.5) is 0 Å². The van der Waals surface area contributed by atoms with Crippen molar-refractivity contribution in [1.82, 2.24) is 0 Å². The van der Waals surface area contributed by atoms with E-state index in [-0.39, 0.29) is 60.1 Å². The van der Waals surface area contributed by atoms with Crippen LogP contribution in [0.3, 0.4) is 0 Å². The minimum atomic E-state index is -0.475. The van der Waals surface area contributed by atoms with Crippen molar-refractivity contribution < 1.29 is 33.4 Å². The summed E-state index contributed by atoms with van der Waals surface area (Å²) in [5.41, 5.74) is 0.312. The van der Waals surface area contributed by atoms with Gasteiger partial charge in [-0.25, -0.2) is 0 Å². The van der Waals surface area contributed by atoms with Crippen LogP contribution in [0.2, 0.25) is 0 Å². The van der Waals surface area contributed by atoms with Crippen LogP contribution in [-0.2, 0) is 33.4 Å². The van der Waals surface area contributed by atoms with Gasteiger partial charge in [0.25, 0.3) is 0 Å². The normalized spacial score (nSPS) is 38.1. The van der Waals surface area contributed by atoms with E-state index in [2.05, 4.69) is 13.8 Å². The number of carbonyl (C=O) groups is 5. The number of aldehydes is 1. The average Bonchev–Trinajstić information content (AvgIpc) is 3.13. The maximum Gasteiger partial charge on any atom is 0.306 e. The number of hydrogen-bond donors (Lipinski definition) is 0. The van der Waals surface area contributed by atoms with Gasteiger partial charge in [0.05, 0.1) is 6.42 Å². The molecule has 7 atom stereocenters. The second kappa shape index (κ2) is 9.23. The van der Waals surface area contributed by atoms with Gasteiger partial charge in [0.1, 0.15) is 19.0 Å². The molecule has 0 radical (unpaired) electrons. The summed E-state index contributed by atoms with van der Waals surface area (Å²) in [7, 11) is 0. The first-order chi connectivity index (χ1) is 16.1. The van der Waals surface area contributed by atoms with Gasteiger partial charge in [0.15, 0.2) is 11.6 Å². The van der Waals surface area contributed by atoms with E-state index < -0.39 is 23.5 Å². The fourth-order valence-corrected chi connectivity index (χ4v) is 7.61. The molecule has 0 spiro atoms. The predicted octanol–water partition coefficient (Wildman–Crippen LogP) is 3.54. The van der Waals surface area contributed by atoms with Crippen LogP contribution < -0.4 is 0 Å². The molecule has 0 aromatic rings. The Bertz CT molecular complexity index is 962. The fraction of sp³-hybridized carbons (Fsp3) is 0.667. The molecule has 4 aliphatic rings. The number of ether oxygens (including phenoxy) is 2. The van der Waals surface area contributed by atoms with Crippen LogP contribution >= 0.6 is 0 Å². The highest BCUT2D eigenvalue weighted by molar-refractivity contribution is 6.01. The Morgan fingerprint density at radius 1 is 1.18 bits per heavy atom. The van der Waals surface area contributed by atoms with Gasteiger partial charge in [0, 0.05) is 30.6 Å². The molecule has 184 valence electrons. The standard InChI is InChI=1S/C27H34O7/c1-16(29)33-15-22(31)21-9-8-20-19-7-6-17-13-18(30)10-11-26(17,2)25(19)23(14-27(20,21)3)34-24(32)5-4-12-28/h10-13,19-21,23,25H,4-9,14-15H2,1-3H3. The molecule has 7 heteroatoms. The summed E-state index contributed by atoms with van der Waals surface area (Å²) in [5, 5.41) is 0. The second-order valence-electron chi connectivity index (χ2n) is 10.8. The zero-order chi connectivity index (χ0) is 24.7. The quantitative estimate of drug-likeness (QED) is 0.414. The SMILES string of the molecule is CC(=O)OCC(=O)C1CCC2C3CCC4=CC(=O)C=CC4(C)C3C(OC(=O)CCC=O)CC12C. The number of rotatable bonds is 7. The van der Waals surface area contributed by atoms with E-state index >= 15 is 0 Å². The zero-order valence-electron chi connectivity index (χ0n) is 20.2. The minimum Gasteiger partial charge on any atom is -0.462 e. The molecule has 0 heterocycles. The van der Waals surface area contributed by atoms with Crippen molar-refractivity contribution in [1.29, 1.82) is 0 Å². The van der Waals surface area contributed by atoms with E-state index in [1.165, 1.54) is 6.92 Å². The highest BCUT2D eigenvalue weighted by atomic mass is 16.5. The number of esters is 2. The van der Waals surface area contributed by atoms with Gasteiger partial charge in [-0.3, -0.25) is 19.2 Å². The number of Topliss-reactive ketones (excluding diaryl/α,β-unsaturated/α-hetero) is 1. The largest absolute Gasteiger partial charge is 0.462 e. The molecule has 4 aliphatic carbocycles. The summed E-state index contributed by atoms with van der Waals surface area (Å²) < 4.78 is 11.1. The number of ketones is 2. The fourth-order valence-electron chi connectivity index (χ4n) is 7.61. The summed E-state index contributed by atoms with van der Waals surface area (Å²) in [6.45, 7) is 5.32. The molecule has 0 bridgehead atoms. The first-order valence-corrected chi connectivity index (χ1v) is 12.3. The maximum atomic E-state index is 13.1. The van der Waals surface area contributed by atoms with Crippen LogP contribution in [0.25, 0.3) is 0 Å². The average molecular weight is 471 g/mol. The van der Waals surface area contributed by atoms with Crippen LogP contribution in [0.1, 0.15) is 65.7 Å². The van der Waals surface area contributed by atoms with E-state index in [0.29, 0.717) is 12.7 Å². The van der Waals surface area contributed by atoms with E-state index in [0.717, 1.165) is 31.3 Å². The lowest BCUT2D eigenvalue weighted by Gasteiger charge is -2.59. The van der Waals surface area contributed by atoms with Gasteiger partial charge < -0.3 is 14.3 Å². The lowest BCUT2D eigenvalue weighted by atomic mass is 9.46. The molecule has 3 saturated carbocycles. The first-order valence-electron chi connectivity index (χ1n) is 12.3. The topological polar surface area (TPSA) is 104 Å². The molecule has 7 unspecified atom stereocenters. The van der Waals surface area contributed by atoms with Gasteiger partial charge in [-0.1, -0.05) is 25.5 Å². The summed E-state index contributed by atoms with van der Waals surface area (Å²) in [6.07, 6.45) is 9.59. The molecule has 0 N–H and O–H groups in total. The van der Waals surface area contributed by atoms with Gasteiger partial charge in [0.2, 0.25) is 0 Å². The summed E-state index contributed by atoms with van der Waals surface area (Å²) in [4.78, 5) is 59.9. The van der Waals surface area contributed by atoms with Gasteiger partial charge in [-0.2, -0.15) is 0 Å². The van der Waals surface area contributed by atoms with Crippen LogP contribution in [0.5, 0.6) is 0 Å². The van der Waals surface area contributed by atoms with Crippen molar-refractivity contribution in [3.8, 4) is 0 Å². The minimum absolute atomic E-state index is 0.00238. The molecule has 0 aliphatic heterocycles. The van der Waals surface area contributed by atoms with Gasteiger partial charge in [-0.05, 0) is 61.5 Å². The summed E-state index contributed by atoms with van der Waals surface area (Å²) in [5.74, 6) is -0.725. The molecule has 0 aromatic carbocycles. The molecular formula is C27H34O7. The molecule has 0 saturated heterocycles. The Balaban J connectivity index is 1.68. The number of hydrogen-bond acceptors (Lipinski definition) is 7. The van der Waals surface area contributed by atoms with E-state index in [1.54, 1.807) is 12.2 Å². The Kier molecular flexibility index (Phi) is 6.67. The third kappa shape index (κ3) is 4.18. The molecular weight excluding hydrogens is 436 g/mol. The van der Waals surface area contributed by atoms with E-state index in [4.69, 9.17) is 9.47 Å². The third-order valence-corrected chi connectivity index (χ3v) is 9.03. The van der Waals surface area contributed by atoms with Crippen molar-refractivity contribution in [3.05, 3.63) is 23.8 Å². The first kappa shape index (κ1) is 24.6. The molecule has 3 fully saturated rings. The highest BCUT2D eigenvalue weighted by Gasteiger charge is 2.63. The molecule has 0 aromatic heterocycles. The lowest BCUT2D eigenvalue weighted by Crippen LogP contribution is -2.57. The van der Waals surface area contributed by atoms with Gasteiger partial charge in [-0.15, -0.1) is 0 Å². The number of fused-ring (bicyclic) bond motifs is 5.